The Morgan fingerprint density at radius 1 is 1.82 bits per heavy atom. The number of carbonyl (C=O) groups is 1. The van der Waals surface area contributed by atoms with E-state index in [-0.39, 0.29) is 12.2 Å². The van der Waals surface area contributed by atoms with Gasteiger partial charge in [0.05, 0.1) is 12.6 Å². The molecule has 11 heavy (non-hydrogen) atoms. The van der Waals surface area contributed by atoms with E-state index in [4.69, 9.17) is 16.7 Å². The molecule has 6 nitrogen and oxygen atoms in total. The SMILES string of the molecule is NC(=O)Cc1cnn(O)c1N. The monoisotopic (exact) mass is 156 g/mol. The van der Waals surface area contributed by atoms with Gasteiger partial charge < -0.3 is 16.7 Å². The third kappa shape index (κ3) is 1.40. The number of nitrogen functional groups attached to an aromatic ring is 1. The van der Waals surface area contributed by atoms with Gasteiger partial charge in [-0.05, 0) is 0 Å². The predicted molar refractivity (Wildman–Crippen MR) is 36.7 cm³/mol. The van der Waals surface area contributed by atoms with Crippen LogP contribution < -0.4 is 11.5 Å². The molecule has 0 atom stereocenters. The zero-order chi connectivity index (χ0) is 8.43. The lowest BCUT2D eigenvalue weighted by Crippen LogP contribution is -2.14. The summed E-state index contributed by atoms with van der Waals surface area (Å²) >= 11 is 0. The molecule has 0 aliphatic rings. The zero-order valence-corrected chi connectivity index (χ0v) is 5.69. The van der Waals surface area contributed by atoms with Gasteiger partial charge in [0.1, 0.15) is 0 Å². The molecule has 1 heterocycles. The average Bonchev–Trinajstić information content (AvgIpc) is 2.18. The number of aromatic nitrogens is 2. The van der Waals surface area contributed by atoms with Crippen LogP contribution in [0, 0.1) is 0 Å². The van der Waals surface area contributed by atoms with Crippen molar-refractivity contribution in [2.24, 2.45) is 5.73 Å². The van der Waals surface area contributed by atoms with Gasteiger partial charge in [-0.3, -0.25) is 4.79 Å². The molecule has 5 N–H and O–H groups in total. The molecular weight excluding hydrogens is 148 g/mol. The van der Waals surface area contributed by atoms with Gasteiger partial charge in [-0.2, -0.15) is 0 Å². The summed E-state index contributed by atoms with van der Waals surface area (Å²) in [7, 11) is 0. The van der Waals surface area contributed by atoms with Crippen LogP contribution in [0.3, 0.4) is 0 Å². The number of hydrogen-bond donors (Lipinski definition) is 3. The molecule has 0 aromatic carbocycles. The summed E-state index contributed by atoms with van der Waals surface area (Å²) < 4.78 is 0. The van der Waals surface area contributed by atoms with Gasteiger partial charge in [-0.15, -0.1) is 5.10 Å². The van der Waals surface area contributed by atoms with E-state index >= 15 is 0 Å². The molecule has 0 aliphatic heterocycles. The number of carbonyl (C=O) groups excluding carboxylic acids is 1. The fraction of sp³-hybridized carbons (Fsp3) is 0.200. The molecule has 1 aromatic heterocycles. The van der Waals surface area contributed by atoms with Crippen molar-refractivity contribution in [1.29, 1.82) is 0 Å². The molecule has 0 fully saturated rings. The van der Waals surface area contributed by atoms with E-state index in [1.165, 1.54) is 6.20 Å². The first kappa shape index (κ1) is 7.39. The van der Waals surface area contributed by atoms with Crippen LogP contribution in [0.5, 0.6) is 0 Å². The van der Waals surface area contributed by atoms with Crippen molar-refractivity contribution in [3.05, 3.63) is 11.8 Å². The topological polar surface area (TPSA) is 107 Å². The first-order chi connectivity index (χ1) is 5.11. The maximum Gasteiger partial charge on any atom is 0.222 e. The van der Waals surface area contributed by atoms with E-state index in [2.05, 4.69) is 5.10 Å². The average molecular weight is 156 g/mol. The van der Waals surface area contributed by atoms with Gasteiger partial charge in [0.25, 0.3) is 0 Å². The zero-order valence-electron chi connectivity index (χ0n) is 5.69. The molecular formula is C5H8N4O2. The van der Waals surface area contributed by atoms with Gasteiger partial charge in [0, 0.05) is 5.56 Å². The van der Waals surface area contributed by atoms with Crippen LogP contribution >= 0.6 is 0 Å². The summed E-state index contributed by atoms with van der Waals surface area (Å²) in [5.74, 6) is -0.464. The van der Waals surface area contributed by atoms with Crippen LogP contribution in [0.1, 0.15) is 5.56 Å². The standard InChI is InChI=1S/C5H8N4O2/c6-4(10)1-3-2-8-9(11)5(3)7/h2,11H,1,7H2,(H2,6,10). The quantitative estimate of drug-likeness (QED) is 0.464. The van der Waals surface area contributed by atoms with E-state index in [1.807, 2.05) is 0 Å². The minimum Gasteiger partial charge on any atom is -0.410 e. The van der Waals surface area contributed by atoms with Crippen LogP contribution in [0.4, 0.5) is 5.82 Å². The molecule has 0 spiro atoms. The van der Waals surface area contributed by atoms with E-state index in [0.29, 0.717) is 10.4 Å². The summed E-state index contributed by atoms with van der Waals surface area (Å²) in [6.45, 7) is 0. The highest BCUT2D eigenvalue weighted by Crippen LogP contribution is 2.08. The van der Waals surface area contributed by atoms with Crippen molar-refractivity contribution >= 4 is 11.7 Å². The van der Waals surface area contributed by atoms with E-state index in [0.717, 1.165) is 0 Å². The van der Waals surface area contributed by atoms with Crippen LogP contribution in [-0.2, 0) is 11.2 Å². The number of anilines is 1. The minimum absolute atomic E-state index is 0.00755. The number of rotatable bonds is 2. The molecule has 60 valence electrons. The Labute approximate surface area is 62.4 Å². The lowest BCUT2D eigenvalue weighted by molar-refractivity contribution is -0.117. The molecule has 0 radical (unpaired) electrons. The normalized spacial score (nSPS) is 9.82. The Morgan fingerprint density at radius 2 is 2.45 bits per heavy atom. The largest absolute Gasteiger partial charge is 0.410 e. The molecule has 6 heteroatoms. The van der Waals surface area contributed by atoms with Gasteiger partial charge in [0.2, 0.25) is 5.91 Å². The van der Waals surface area contributed by atoms with Gasteiger partial charge in [-0.1, -0.05) is 4.85 Å². The van der Waals surface area contributed by atoms with Gasteiger partial charge in [0.15, 0.2) is 5.82 Å². The highest BCUT2D eigenvalue weighted by atomic mass is 16.5. The Hall–Kier alpha value is -1.72. The number of nitrogens with two attached hydrogens (primary N) is 2. The number of amides is 1. The maximum absolute atomic E-state index is 10.4. The fourth-order valence-electron chi connectivity index (χ4n) is 0.705. The van der Waals surface area contributed by atoms with Crippen molar-refractivity contribution in [3.63, 3.8) is 0 Å². The summed E-state index contributed by atoms with van der Waals surface area (Å²) in [5, 5.41) is 12.2. The van der Waals surface area contributed by atoms with Crippen molar-refractivity contribution in [2.45, 2.75) is 6.42 Å². The lowest BCUT2D eigenvalue weighted by Gasteiger charge is -1.94. The Balaban J connectivity index is 2.87. The van der Waals surface area contributed by atoms with Crippen molar-refractivity contribution in [1.82, 2.24) is 9.94 Å². The smallest absolute Gasteiger partial charge is 0.222 e. The Bertz CT molecular complexity index is 280. The second-order valence-electron chi connectivity index (χ2n) is 2.09. The van der Waals surface area contributed by atoms with Gasteiger partial charge >= 0.3 is 0 Å². The van der Waals surface area contributed by atoms with Crippen molar-refractivity contribution < 1.29 is 10.0 Å². The summed E-state index contributed by atoms with van der Waals surface area (Å²) in [6, 6.07) is 0. The molecule has 0 unspecified atom stereocenters. The van der Waals surface area contributed by atoms with Crippen LogP contribution in [0.25, 0.3) is 0 Å². The van der Waals surface area contributed by atoms with Crippen LogP contribution in [-0.4, -0.2) is 21.1 Å². The summed E-state index contributed by atoms with van der Waals surface area (Å²) in [6.07, 6.45) is 1.28. The lowest BCUT2D eigenvalue weighted by atomic mass is 10.2. The highest BCUT2D eigenvalue weighted by molar-refractivity contribution is 5.77. The first-order valence-corrected chi connectivity index (χ1v) is 2.91. The molecule has 1 rings (SSSR count). The van der Waals surface area contributed by atoms with Crippen molar-refractivity contribution in [2.75, 3.05) is 5.73 Å². The van der Waals surface area contributed by atoms with E-state index < -0.39 is 5.91 Å². The maximum atomic E-state index is 10.4. The molecule has 0 aliphatic carbocycles. The number of hydrogen-bond acceptors (Lipinski definition) is 4. The Kier molecular flexibility index (Phi) is 1.67. The molecule has 1 aromatic rings. The highest BCUT2D eigenvalue weighted by Gasteiger charge is 2.07. The molecule has 0 bridgehead atoms. The molecule has 0 saturated heterocycles. The van der Waals surface area contributed by atoms with E-state index in [9.17, 15) is 4.79 Å². The van der Waals surface area contributed by atoms with Crippen molar-refractivity contribution in [3.8, 4) is 0 Å². The Morgan fingerprint density at radius 3 is 2.82 bits per heavy atom. The van der Waals surface area contributed by atoms with Gasteiger partial charge in [-0.25, -0.2) is 0 Å². The minimum atomic E-state index is -0.510. The third-order valence-corrected chi connectivity index (χ3v) is 1.23. The summed E-state index contributed by atoms with van der Waals surface area (Å²) in [5.41, 5.74) is 10.6. The fourth-order valence-corrected chi connectivity index (χ4v) is 0.705. The predicted octanol–water partition coefficient (Wildman–Crippen LogP) is -1.27. The number of primary amides is 1. The van der Waals surface area contributed by atoms with Crippen LogP contribution in [0.15, 0.2) is 6.20 Å². The van der Waals surface area contributed by atoms with E-state index in [1.54, 1.807) is 0 Å². The number of nitrogens with zero attached hydrogens (tertiary/aromatic N) is 2. The first-order valence-electron chi connectivity index (χ1n) is 2.91. The van der Waals surface area contributed by atoms with Crippen LogP contribution in [0.2, 0.25) is 0 Å². The third-order valence-electron chi connectivity index (χ3n) is 1.23. The summed E-state index contributed by atoms with van der Waals surface area (Å²) in [4.78, 5) is 10.9. The second-order valence-corrected chi connectivity index (χ2v) is 2.09. The second kappa shape index (κ2) is 2.49. The molecule has 0 saturated carbocycles. The molecule has 1 amide bonds.